The fourth-order valence-corrected chi connectivity index (χ4v) is 3.06. The van der Waals surface area contributed by atoms with E-state index in [-0.39, 0.29) is 5.91 Å². The lowest BCUT2D eigenvalue weighted by atomic mass is 10.0. The standard InChI is InChI=1S/C20H24N4O/c1-24(2)13-6-5-12-22-20(25)16-10-7-9-15-18(21)14-8-3-4-11-17(14)23-19(15)16/h3-4,7-11H,5-6,12-13H2,1-2H3,(H2,21,23)(H,22,25)/p+1. The van der Waals surface area contributed by atoms with E-state index in [9.17, 15) is 4.79 Å². The first-order chi connectivity index (χ1) is 12.1. The lowest BCUT2D eigenvalue weighted by Gasteiger charge is -2.10. The summed E-state index contributed by atoms with van der Waals surface area (Å²) in [5, 5.41) is 4.86. The Morgan fingerprint density at radius 2 is 1.84 bits per heavy atom. The first-order valence-electron chi connectivity index (χ1n) is 8.63. The first-order valence-corrected chi connectivity index (χ1v) is 8.63. The Kier molecular flexibility index (Phi) is 5.14. The molecule has 0 atom stereocenters. The smallest absolute Gasteiger partial charge is 0.258 e. The number of benzene rings is 2. The number of hydrogen-bond donors (Lipinski definition) is 2. The van der Waals surface area contributed by atoms with Gasteiger partial charge in [-0.25, -0.2) is 4.98 Å². The number of carbonyl (C=O) groups is 1. The summed E-state index contributed by atoms with van der Waals surface area (Å²) in [6, 6.07) is 13.5. The van der Waals surface area contributed by atoms with Crippen molar-refractivity contribution >= 4 is 33.4 Å². The van der Waals surface area contributed by atoms with Gasteiger partial charge in [-0.1, -0.05) is 18.2 Å². The van der Waals surface area contributed by atoms with Crippen LogP contribution in [0.4, 0.5) is 5.69 Å². The zero-order valence-corrected chi connectivity index (χ0v) is 14.8. The average molecular weight is 337 g/mol. The normalized spacial score (nSPS) is 11.3. The highest BCUT2D eigenvalue weighted by Crippen LogP contribution is 2.27. The molecule has 130 valence electrons. The number of anilines is 1. The highest BCUT2D eigenvalue weighted by Gasteiger charge is 2.18. The molecule has 0 spiro atoms. The van der Waals surface area contributed by atoms with Crippen LogP contribution < -0.4 is 16.0 Å². The zero-order chi connectivity index (χ0) is 17.8. The van der Waals surface area contributed by atoms with Crippen LogP contribution in [0.25, 0.3) is 21.8 Å². The third kappa shape index (κ3) is 3.72. The maximum Gasteiger partial charge on any atom is 0.258 e. The molecule has 0 radical (unpaired) electrons. The number of nitrogens with two attached hydrogens (primary N) is 1. The molecule has 4 N–H and O–H groups in total. The summed E-state index contributed by atoms with van der Waals surface area (Å²) in [4.78, 5) is 18.1. The number of unbranched alkanes of at least 4 members (excludes halogenated alkanes) is 1. The third-order valence-corrected chi connectivity index (χ3v) is 4.39. The number of carbonyl (C=O) groups excluding carboxylic acids is 1. The SMILES string of the molecule is CN(C)CCCCNC(=O)c1cccc2c(N)c3ccccc3[nH+]c12. The van der Waals surface area contributed by atoms with Crippen molar-refractivity contribution < 1.29 is 9.78 Å². The number of nitrogens with zero attached hydrogens (tertiary/aromatic N) is 1. The van der Waals surface area contributed by atoms with E-state index >= 15 is 0 Å². The number of nitrogen functional groups attached to an aromatic ring is 1. The Morgan fingerprint density at radius 1 is 1.08 bits per heavy atom. The highest BCUT2D eigenvalue weighted by molar-refractivity contribution is 6.11. The molecule has 3 aromatic rings. The van der Waals surface area contributed by atoms with Gasteiger partial charge in [-0.05, 0) is 51.7 Å². The van der Waals surface area contributed by atoms with E-state index in [2.05, 4.69) is 29.3 Å². The molecular weight excluding hydrogens is 312 g/mol. The summed E-state index contributed by atoms with van der Waals surface area (Å²) in [6.45, 7) is 1.70. The van der Waals surface area contributed by atoms with Crippen LogP contribution in [-0.4, -0.2) is 38.0 Å². The number of para-hydroxylation sites is 2. The average Bonchev–Trinajstić information content (AvgIpc) is 2.61. The van der Waals surface area contributed by atoms with Crippen molar-refractivity contribution in [2.75, 3.05) is 32.9 Å². The molecule has 5 heteroatoms. The molecule has 0 unspecified atom stereocenters. The van der Waals surface area contributed by atoms with Crippen LogP contribution in [0.1, 0.15) is 23.2 Å². The van der Waals surface area contributed by atoms with Crippen LogP contribution in [0.2, 0.25) is 0 Å². The fraction of sp³-hybridized carbons (Fsp3) is 0.300. The quantitative estimate of drug-likeness (QED) is 0.536. The number of H-pyrrole nitrogens is 1. The third-order valence-electron chi connectivity index (χ3n) is 4.39. The van der Waals surface area contributed by atoms with Gasteiger partial charge in [0, 0.05) is 12.6 Å². The van der Waals surface area contributed by atoms with E-state index in [1.807, 2.05) is 42.5 Å². The minimum Gasteiger partial charge on any atom is -0.397 e. The first kappa shape index (κ1) is 17.2. The predicted molar refractivity (Wildman–Crippen MR) is 103 cm³/mol. The van der Waals surface area contributed by atoms with Crippen molar-refractivity contribution in [2.24, 2.45) is 0 Å². The Morgan fingerprint density at radius 3 is 2.64 bits per heavy atom. The van der Waals surface area contributed by atoms with Crippen LogP contribution in [0, 0.1) is 0 Å². The molecule has 1 amide bonds. The predicted octanol–water partition coefficient (Wildman–Crippen LogP) is 2.46. The monoisotopic (exact) mass is 337 g/mol. The number of nitrogens with one attached hydrogen (secondary N) is 2. The van der Waals surface area contributed by atoms with E-state index in [0.29, 0.717) is 17.8 Å². The minimum atomic E-state index is -0.0682. The van der Waals surface area contributed by atoms with E-state index < -0.39 is 0 Å². The summed E-state index contributed by atoms with van der Waals surface area (Å²) in [6.07, 6.45) is 2.02. The fourth-order valence-electron chi connectivity index (χ4n) is 3.06. The van der Waals surface area contributed by atoms with Gasteiger partial charge >= 0.3 is 0 Å². The van der Waals surface area contributed by atoms with Crippen molar-refractivity contribution in [3.63, 3.8) is 0 Å². The van der Waals surface area contributed by atoms with E-state index in [1.165, 1.54) is 0 Å². The van der Waals surface area contributed by atoms with Crippen molar-refractivity contribution in [3.8, 4) is 0 Å². The van der Waals surface area contributed by atoms with Crippen molar-refractivity contribution in [1.82, 2.24) is 10.2 Å². The van der Waals surface area contributed by atoms with Crippen molar-refractivity contribution in [2.45, 2.75) is 12.8 Å². The summed E-state index contributed by atoms with van der Waals surface area (Å²) >= 11 is 0. The Labute approximate surface area is 147 Å². The summed E-state index contributed by atoms with van der Waals surface area (Å²) in [5.74, 6) is -0.0682. The molecule has 3 rings (SSSR count). The number of hydrogen-bond acceptors (Lipinski definition) is 3. The minimum absolute atomic E-state index is 0.0682. The number of rotatable bonds is 6. The largest absolute Gasteiger partial charge is 0.397 e. The number of pyridine rings is 1. The maximum absolute atomic E-state index is 12.6. The van der Waals surface area contributed by atoms with Gasteiger partial charge in [0.2, 0.25) is 11.0 Å². The second-order valence-corrected chi connectivity index (χ2v) is 6.58. The van der Waals surface area contributed by atoms with Crippen LogP contribution in [0.5, 0.6) is 0 Å². The van der Waals surface area contributed by atoms with Crippen molar-refractivity contribution in [3.05, 3.63) is 48.0 Å². The van der Waals surface area contributed by atoms with Gasteiger partial charge in [-0.3, -0.25) is 4.79 Å². The molecule has 1 aromatic heterocycles. The molecule has 5 nitrogen and oxygen atoms in total. The molecule has 0 aliphatic heterocycles. The number of fused-ring (bicyclic) bond motifs is 2. The van der Waals surface area contributed by atoms with Gasteiger partial charge < -0.3 is 16.0 Å². The maximum atomic E-state index is 12.6. The second kappa shape index (κ2) is 7.49. The van der Waals surface area contributed by atoms with E-state index in [1.54, 1.807) is 0 Å². The number of amides is 1. The molecule has 1 heterocycles. The molecule has 25 heavy (non-hydrogen) atoms. The van der Waals surface area contributed by atoms with Gasteiger partial charge in [0.05, 0.1) is 16.5 Å². The summed E-state index contributed by atoms with van der Waals surface area (Å²) in [5.41, 5.74) is 9.37. The zero-order valence-electron chi connectivity index (χ0n) is 14.8. The topological polar surface area (TPSA) is 72.5 Å². The molecule has 0 bridgehead atoms. The number of aromatic nitrogens is 1. The van der Waals surface area contributed by atoms with Gasteiger partial charge in [0.1, 0.15) is 5.56 Å². The van der Waals surface area contributed by atoms with Gasteiger partial charge in [-0.2, -0.15) is 0 Å². The second-order valence-electron chi connectivity index (χ2n) is 6.58. The van der Waals surface area contributed by atoms with Crippen LogP contribution in [0.15, 0.2) is 42.5 Å². The Balaban J connectivity index is 1.85. The molecule has 0 saturated carbocycles. The summed E-state index contributed by atoms with van der Waals surface area (Å²) < 4.78 is 0. The van der Waals surface area contributed by atoms with Gasteiger partial charge in [0.25, 0.3) is 5.91 Å². The van der Waals surface area contributed by atoms with E-state index in [4.69, 9.17) is 5.73 Å². The molecule has 0 saturated heterocycles. The molecule has 2 aromatic carbocycles. The Hall–Kier alpha value is -2.66. The van der Waals surface area contributed by atoms with E-state index in [0.717, 1.165) is 41.2 Å². The molecule has 0 aliphatic carbocycles. The Bertz CT molecular complexity index is 905. The van der Waals surface area contributed by atoms with Crippen LogP contribution >= 0.6 is 0 Å². The summed E-state index contributed by atoms with van der Waals surface area (Å²) in [7, 11) is 4.11. The van der Waals surface area contributed by atoms with Crippen LogP contribution in [-0.2, 0) is 0 Å². The number of aromatic amines is 1. The lowest BCUT2D eigenvalue weighted by Crippen LogP contribution is -2.27. The van der Waals surface area contributed by atoms with Crippen molar-refractivity contribution in [1.29, 1.82) is 0 Å². The molecular formula is C20H25N4O+. The van der Waals surface area contributed by atoms with Gasteiger partial charge in [0.15, 0.2) is 0 Å². The lowest BCUT2D eigenvalue weighted by molar-refractivity contribution is -0.310. The molecule has 0 aliphatic rings. The van der Waals surface area contributed by atoms with Gasteiger partial charge in [-0.15, -0.1) is 0 Å². The van der Waals surface area contributed by atoms with Crippen LogP contribution in [0.3, 0.4) is 0 Å². The molecule has 0 fully saturated rings. The highest BCUT2D eigenvalue weighted by atomic mass is 16.1.